The lowest BCUT2D eigenvalue weighted by Crippen LogP contribution is -2.20. The number of aryl methyl sites for hydroxylation is 3. The van der Waals surface area contributed by atoms with Gasteiger partial charge < -0.3 is 10.6 Å². The van der Waals surface area contributed by atoms with Gasteiger partial charge in [-0.3, -0.25) is 0 Å². The Hall–Kier alpha value is -1.71. The molecule has 0 radical (unpaired) electrons. The Balaban J connectivity index is 2.11. The normalized spacial score (nSPS) is 10.3. The van der Waals surface area contributed by atoms with Crippen LogP contribution in [0, 0.1) is 20.8 Å². The molecule has 0 fully saturated rings. The average molecular weight is 323 g/mol. The number of anilines is 2. The van der Waals surface area contributed by atoms with Crippen LogP contribution in [-0.2, 0) is 0 Å². The second-order valence-corrected chi connectivity index (χ2v) is 5.77. The lowest BCUT2D eigenvalue weighted by atomic mass is 10.1. The monoisotopic (exact) mass is 322 g/mol. The number of amides is 2. The smallest absolute Gasteiger partial charge is 0.308 e. The molecule has 0 bridgehead atoms. The van der Waals surface area contributed by atoms with Gasteiger partial charge in [0.1, 0.15) is 0 Å². The van der Waals surface area contributed by atoms with Crippen LogP contribution >= 0.6 is 23.2 Å². The van der Waals surface area contributed by atoms with E-state index in [1.54, 1.807) is 18.2 Å². The number of urea groups is 1. The van der Waals surface area contributed by atoms with Gasteiger partial charge in [0.2, 0.25) is 0 Å². The van der Waals surface area contributed by atoms with Crippen LogP contribution in [0.2, 0.25) is 10.0 Å². The van der Waals surface area contributed by atoms with E-state index in [9.17, 15) is 4.79 Å². The van der Waals surface area contributed by atoms with Crippen LogP contribution in [0.3, 0.4) is 0 Å². The summed E-state index contributed by atoms with van der Waals surface area (Å²) in [5.74, 6) is 0. The number of hydrogen-bond donors (Lipinski definition) is 2. The first-order valence-corrected chi connectivity index (χ1v) is 7.23. The van der Waals surface area contributed by atoms with E-state index in [0.29, 0.717) is 15.7 Å². The standard InChI is InChI=1S/C16H16Cl2N2O/c1-9-6-11(3)15(7-10(9)2)20-16(21)19-12-4-5-13(17)14(18)8-12/h4-8H,1-3H3,(H2,19,20,21). The van der Waals surface area contributed by atoms with Crippen LogP contribution in [0.5, 0.6) is 0 Å². The van der Waals surface area contributed by atoms with Crippen molar-refractivity contribution in [3.05, 3.63) is 57.1 Å². The molecule has 3 nitrogen and oxygen atoms in total. The number of rotatable bonds is 2. The number of benzene rings is 2. The van der Waals surface area contributed by atoms with Crippen LogP contribution in [0.15, 0.2) is 30.3 Å². The second kappa shape index (κ2) is 6.37. The summed E-state index contributed by atoms with van der Waals surface area (Å²) >= 11 is 11.8. The first kappa shape index (κ1) is 15.7. The topological polar surface area (TPSA) is 41.1 Å². The van der Waals surface area contributed by atoms with Crippen LogP contribution in [0.4, 0.5) is 16.2 Å². The molecule has 0 atom stereocenters. The molecule has 2 aromatic rings. The van der Waals surface area contributed by atoms with Gasteiger partial charge in [0.15, 0.2) is 0 Å². The van der Waals surface area contributed by atoms with E-state index in [1.165, 1.54) is 5.56 Å². The minimum Gasteiger partial charge on any atom is -0.308 e. The zero-order chi connectivity index (χ0) is 15.6. The fourth-order valence-electron chi connectivity index (χ4n) is 1.95. The zero-order valence-corrected chi connectivity index (χ0v) is 13.6. The van der Waals surface area contributed by atoms with Crippen molar-refractivity contribution in [2.24, 2.45) is 0 Å². The minimum absolute atomic E-state index is 0.320. The van der Waals surface area contributed by atoms with Crippen LogP contribution in [-0.4, -0.2) is 6.03 Å². The molecule has 0 aliphatic heterocycles. The summed E-state index contributed by atoms with van der Waals surface area (Å²) < 4.78 is 0. The minimum atomic E-state index is -0.320. The fraction of sp³-hybridized carbons (Fsp3) is 0.188. The van der Waals surface area contributed by atoms with Crippen LogP contribution in [0.1, 0.15) is 16.7 Å². The maximum Gasteiger partial charge on any atom is 0.323 e. The van der Waals surface area contributed by atoms with Gasteiger partial charge in [-0.25, -0.2) is 4.79 Å². The van der Waals surface area contributed by atoms with Gasteiger partial charge in [0.25, 0.3) is 0 Å². The third kappa shape index (κ3) is 3.90. The van der Waals surface area contributed by atoms with Gasteiger partial charge in [0, 0.05) is 11.4 Å². The lowest BCUT2D eigenvalue weighted by Gasteiger charge is -2.12. The number of halogens is 2. The van der Waals surface area contributed by atoms with Crippen molar-refractivity contribution in [3.8, 4) is 0 Å². The third-order valence-corrected chi connectivity index (χ3v) is 4.01. The molecule has 2 rings (SSSR count). The van der Waals surface area contributed by atoms with Gasteiger partial charge >= 0.3 is 6.03 Å². The molecule has 0 saturated heterocycles. The van der Waals surface area contributed by atoms with Gasteiger partial charge in [-0.2, -0.15) is 0 Å². The zero-order valence-electron chi connectivity index (χ0n) is 12.1. The molecule has 0 aromatic heterocycles. The van der Waals surface area contributed by atoms with Crippen molar-refractivity contribution >= 4 is 40.6 Å². The van der Waals surface area contributed by atoms with Crippen molar-refractivity contribution in [1.29, 1.82) is 0 Å². The van der Waals surface area contributed by atoms with Gasteiger partial charge in [-0.15, -0.1) is 0 Å². The second-order valence-electron chi connectivity index (χ2n) is 4.96. The maximum absolute atomic E-state index is 12.0. The number of hydrogen-bond acceptors (Lipinski definition) is 1. The summed E-state index contributed by atoms with van der Waals surface area (Å²) in [6, 6.07) is 8.63. The van der Waals surface area contributed by atoms with E-state index in [1.807, 2.05) is 32.9 Å². The van der Waals surface area contributed by atoms with Crippen LogP contribution < -0.4 is 10.6 Å². The molecule has 5 heteroatoms. The third-order valence-electron chi connectivity index (χ3n) is 3.27. The van der Waals surface area contributed by atoms with E-state index >= 15 is 0 Å². The molecule has 21 heavy (non-hydrogen) atoms. The highest BCUT2D eigenvalue weighted by Crippen LogP contribution is 2.25. The van der Waals surface area contributed by atoms with E-state index in [-0.39, 0.29) is 6.03 Å². The molecule has 0 aliphatic carbocycles. The molecule has 2 aromatic carbocycles. The van der Waals surface area contributed by atoms with E-state index in [0.717, 1.165) is 16.8 Å². The fourth-order valence-corrected chi connectivity index (χ4v) is 2.25. The Kier molecular flexibility index (Phi) is 4.76. The molecule has 2 amide bonds. The molecule has 0 saturated carbocycles. The van der Waals surface area contributed by atoms with Crippen molar-refractivity contribution in [2.75, 3.05) is 10.6 Å². The molecule has 0 spiro atoms. The Bertz CT molecular complexity index is 699. The van der Waals surface area contributed by atoms with Crippen molar-refractivity contribution < 1.29 is 4.79 Å². The highest BCUT2D eigenvalue weighted by atomic mass is 35.5. The SMILES string of the molecule is Cc1cc(C)c(NC(=O)Nc2ccc(Cl)c(Cl)c2)cc1C. The van der Waals surface area contributed by atoms with Crippen molar-refractivity contribution in [3.63, 3.8) is 0 Å². The van der Waals surface area contributed by atoms with Gasteiger partial charge in [0.05, 0.1) is 10.0 Å². The van der Waals surface area contributed by atoms with E-state index in [4.69, 9.17) is 23.2 Å². The van der Waals surface area contributed by atoms with Crippen molar-refractivity contribution in [1.82, 2.24) is 0 Å². The number of nitrogens with one attached hydrogen (secondary N) is 2. The average Bonchev–Trinajstić information content (AvgIpc) is 2.40. The Morgan fingerprint density at radius 3 is 2.19 bits per heavy atom. The Labute approximate surface area is 134 Å². The van der Waals surface area contributed by atoms with Gasteiger partial charge in [-0.1, -0.05) is 29.3 Å². The van der Waals surface area contributed by atoms with Crippen molar-refractivity contribution in [2.45, 2.75) is 20.8 Å². The quantitative estimate of drug-likeness (QED) is 0.746. The lowest BCUT2D eigenvalue weighted by molar-refractivity contribution is 0.262. The van der Waals surface area contributed by atoms with E-state index < -0.39 is 0 Å². The summed E-state index contributed by atoms with van der Waals surface area (Å²) in [7, 11) is 0. The molecular formula is C16H16Cl2N2O. The Morgan fingerprint density at radius 1 is 0.857 bits per heavy atom. The summed E-state index contributed by atoms with van der Waals surface area (Å²) in [4.78, 5) is 12.0. The summed E-state index contributed by atoms with van der Waals surface area (Å²) in [5.41, 5.74) is 4.72. The molecular weight excluding hydrogens is 307 g/mol. The Morgan fingerprint density at radius 2 is 1.52 bits per heavy atom. The maximum atomic E-state index is 12.0. The van der Waals surface area contributed by atoms with E-state index in [2.05, 4.69) is 10.6 Å². The number of carbonyl (C=O) groups excluding carboxylic acids is 1. The predicted octanol–water partition coefficient (Wildman–Crippen LogP) is 5.56. The largest absolute Gasteiger partial charge is 0.323 e. The number of carbonyl (C=O) groups is 1. The molecule has 0 unspecified atom stereocenters. The first-order valence-electron chi connectivity index (χ1n) is 6.47. The molecule has 0 aliphatic rings. The molecule has 110 valence electrons. The summed E-state index contributed by atoms with van der Waals surface area (Å²) in [6.07, 6.45) is 0. The molecule has 0 heterocycles. The predicted molar refractivity (Wildman–Crippen MR) is 89.8 cm³/mol. The summed E-state index contributed by atoms with van der Waals surface area (Å²) in [5, 5.41) is 6.41. The first-order chi connectivity index (χ1) is 9.86. The highest BCUT2D eigenvalue weighted by Gasteiger charge is 2.08. The summed E-state index contributed by atoms with van der Waals surface area (Å²) in [6.45, 7) is 6.01. The highest BCUT2D eigenvalue weighted by molar-refractivity contribution is 6.42. The van der Waals surface area contributed by atoms with Gasteiger partial charge in [-0.05, 0) is 61.7 Å². The van der Waals surface area contributed by atoms with Crippen LogP contribution in [0.25, 0.3) is 0 Å². The molecule has 2 N–H and O–H groups in total.